The van der Waals surface area contributed by atoms with E-state index in [-0.39, 0.29) is 5.41 Å². The predicted molar refractivity (Wildman–Crippen MR) is 75.2 cm³/mol. The number of thioether (sulfide) groups is 1. The summed E-state index contributed by atoms with van der Waals surface area (Å²) in [6, 6.07) is 10.5. The molecule has 1 nitrogen and oxygen atoms in total. The van der Waals surface area contributed by atoms with E-state index in [9.17, 15) is 4.79 Å². The van der Waals surface area contributed by atoms with Crippen molar-refractivity contribution >= 4 is 17.5 Å². The summed E-state index contributed by atoms with van der Waals surface area (Å²) in [5.74, 6) is 3.37. The molecule has 2 saturated carbocycles. The summed E-state index contributed by atoms with van der Waals surface area (Å²) >= 11 is 1.80. The van der Waals surface area contributed by atoms with Gasteiger partial charge in [0.2, 0.25) is 0 Å². The van der Waals surface area contributed by atoms with Gasteiger partial charge in [0.05, 0.1) is 0 Å². The summed E-state index contributed by atoms with van der Waals surface area (Å²) < 4.78 is 0. The van der Waals surface area contributed by atoms with E-state index < -0.39 is 0 Å². The van der Waals surface area contributed by atoms with Crippen LogP contribution >= 0.6 is 11.8 Å². The molecule has 2 heteroatoms. The molecular weight excluding hydrogens is 240 g/mol. The van der Waals surface area contributed by atoms with E-state index in [0.717, 1.165) is 25.7 Å². The normalized spacial score (nSPS) is 31.3. The van der Waals surface area contributed by atoms with Gasteiger partial charge in [-0.15, -0.1) is 11.8 Å². The highest BCUT2D eigenvalue weighted by atomic mass is 32.2. The van der Waals surface area contributed by atoms with E-state index in [1.54, 1.807) is 11.8 Å². The molecule has 2 aliphatic rings. The molecule has 2 fully saturated rings. The third-order valence-corrected chi connectivity index (χ3v) is 5.55. The number of Topliss-reactive ketones (excluding diaryl/α,β-unsaturated/α-hetero) is 1. The van der Waals surface area contributed by atoms with E-state index >= 15 is 0 Å². The lowest BCUT2D eigenvalue weighted by Gasteiger charge is -2.29. The van der Waals surface area contributed by atoms with Gasteiger partial charge in [0.15, 0.2) is 0 Å². The van der Waals surface area contributed by atoms with Crippen LogP contribution < -0.4 is 0 Å². The van der Waals surface area contributed by atoms with Crippen molar-refractivity contribution in [1.82, 2.24) is 0 Å². The summed E-state index contributed by atoms with van der Waals surface area (Å²) in [5.41, 5.74) is 0.0295. The molecule has 1 radical (unpaired) electrons. The third-order valence-electron chi connectivity index (χ3n) is 4.54. The Morgan fingerprint density at radius 2 is 1.94 bits per heavy atom. The molecule has 0 bridgehead atoms. The summed E-state index contributed by atoms with van der Waals surface area (Å²) in [6.07, 6.45) is 6.61. The molecule has 2 aliphatic carbocycles. The van der Waals surface area contributed by atoms with Gasteiger partial charge in [0.25, 0.3) is 0 Å². The first kappa shape index (κ1) is 12.3. The van der Waals surface area contributed by atoms with E-state index in [0.29, 0.717) is 11.7 Å². The van der Waals surface area contributed by atoms with Crippen LogP contribution in [0, 0.1) is 17.1 Å². The molecule has 0 heterocycles. The Kier molecular flexibility index (Phi) is 3.47. The third kappa shape index (κ3) is 2.11. The highest BCUT2D eigenvalue weighted by Crippen LogP contribution is 2.54. The number of carbonyl (C=O) groups is 1. The fraction of sp³-hybridized carbons (Fsp3) is 0.500. The van der Waals surface area contributed by atoms with Crippen molar-refractivity contribution in [2.75, 3.05) is 0 Å². The monoisotopic (exact) mass is 259 g/mol. The molecule has 95 valence electrons. The fourth-order valence-electron chi connectivity index (χ4n) is 3.57. The van der Waals surface area contributed by atoms with Crippen molar-refractivity contribution in [2.45, 2.75) is 43.4 Å². The Balaban J connectivity index is 1.67. The second-order valence-corrected chi connectivity index (χ2v) is 6.48. The molecule has 1 aromatic carbocycles. The number of ketones is 1. The van der Waals surface area contributed by atoms with E-state index in [1.165, 1.54) is 17.7 Å². The molecule has 0 amide bonds. The van der Waals surface area contributed by atoms with Crippen LogP contribution in [0.4, 0.5) is 0 Å². The van der Waals surface area contributed by atoms with Gasteiger partial charge in [0, 0.05) is 22.5 Å². The Morgan fingerprint density at radius 1 is 1.17 bits per heavy atom. The predicted octanol–water partition coefficient (Wildman–Crippen LogP) is 4.48. The minimum atomic E-state index is 0.0295. The lowest BCUT2D eigenvalue weighted by molar-refractivity contribution is -0.126. The van der Waals surface area contributed by atoms with Crippen LogP contribution in [-0.2, 0) is 4.79 Å². The molecule has 2 unspecified atom stereocenters. The Morgan fingerprint density at radius 3 is 2.67 bits per heavy atom. The fourth-order valence-corrected chi connectivity index (χ4v) is 4.60. The van der Waals surface area contributed by atoms with Gasteiger partial charge in [-0.3, -0.25) is 4.79 Å². The van der Waals surface area contributed by atoms with Crippen molar-refractivity contribution in [2.24, 2.45) is 11.3 Å². The lowest BCUT2D eigenvalue weighted by atomic mass is 9.76. The van der Waals surface area contributed by atoms with E-state index in [4.69, 9.17) is 0 Å². The zero-order valence-corrected chi connectivity index (χ0v) is 11.4. The Hall–Kier alpha value is -0.760. The first-order valence-electron chi connectivity index (χ1n) is 6.90. The van der Waals surface area contributed by atoms with Crippen LogP contribution in [0.1, 0.15) is 38.5 Å². The van der Waals surface area contributed by atoms with Crippen LogP contribution in [0.3, 0.4) is 0 Å². The minimum absolute atomic E-state index is 0.0295. The van der Waals surface area contributed by atoms with Crippen molar-refractivity contribution in [3.63, 3.8) is 0 Å². The molecular formula is C16H19OS. The number of benzene rings is 1. The topological polar surface area (TPSA) is 17.1 Å². The Labute approximate surface area is 113 Å². The molecule has 0 aliphatic heterocycles. The van der Waals surface area contributed by atoms with Crippen molar-refractivity contribution in [3.05, 3.63) is 36.1 Å². The molecule has 2 atom stereocenters. The highest BCUT2D eigenvalue weighted by Gasteiger charge is 2.50. The number of rotatable bonds is 3. The molecule has 0 aromatic heterocycles. The van der Waals surface area contributed by atoms with Crippen LogP contribution in [0.25, 0.3) is 0 Å². The molecule has 3 rings (SSSR count). The number of hydrogen-bond acceptors (Lipinski definition) is 2. The van der Waals surface area contributed by atoms with Gasteiger partial charge >= 0.3 is 0 Å². The summed E-state index contributed by atoms with van der Waals surface area (Å²) in [7, 11) is 0. The van der Waals surface area contributed by atoms with E-state index in [1.807, 2.05) is 6.07 Å². The maximum Gasteiger partial charge on any atom is 0.139 e. The quantitative estimate of drug-likeness (QED) is 0.744. The minimum Gasteiger partial charge on any atom is -0.299 e. The second kappa shape index (κ2) is 5.08. The summed E-state index contributed by atoms with van der Waals surface area (Å²) in [6.45, 7) is 0. The van der Waals surface area contributed by atoms with Gasteiger partial charge in [-0.05, 0) is 43.7 Å². The summed E-state index contributed by atoms with van der Waals surface area (Å²) in [4.78, 5) is 13.5. The first-order valence-corrected chi connectivity index (χ1v) is 7.78. The Bertz CT molecular complexity index is 424. The maximum atomic E-state index is 12.2. The van der Waals surface area contributed by atoms with Gasteiger partial charge in [-0.1, -0.05) is 24.6 Å². The van der Waals surface area contributed by atoms with Gasteiger partial charge in [0.1, 0.15) is 5.78 Å². The largest absolute Gasteiger partial charge is 0.299 e. The lowest BCUT2D eigenvalue weighted by Crippen LogP contribution is -2.29. The summed E-state index contributed by atoms with van der Waals surface area (Å²) in [5, 5.41) is 0. The van der Waals surface area contributed by atoms with Gasteiger partial charge in [-0.25, -0.2) is 0 Å². The zero-order valence-electron chi connectivity index (χ0n) is 10.6. The van der Waals surface area contributed by atoms with Crippen molar-refractivity contribution in [1.29, 1.82) is 0 Å². The second-order valence-electron chi connectivity index (χ2n) is 5.50. The number of carbonyl (C=O) groups excluding carboxylic acids is 1. The van der Waals surface area contributed by atoms with Crippen LogP contribution in [0.15, 0.2) is 35.2 Å². The average Bonchev–Trinajstić information content (AvgIpc) is 2.97. The van der Waals surface area contributed by atoms with Crippen molar-refractivity contribution < 1.29 is 4.79 Å². The van der Waals surface area contributed by atoms with Crippen LogP contribution in [0.5, 0.6) is 0 Å². The van der Waals surface area contributed by atoms with Crippen LogP contribution in [0.2, 0.25) is 0 Å². The molecule has 18 heavy (non-hydrogen) atoms. The average molecular weight is 259 g/mol. The van der Waals surface area contributed by atoms with Gasteiger partial charge in [-0.2, -0.15) is 0 Å². The molecule has 0 saturated heterocycles. The smallest absolute Gasteiger partial charge is 0.139 e. The zero-order chi connectivity index (χ0) is 12.4. The van der Waals surface area contributed by atoms with Gasteiger partial charge < -0.3 is 0 Å². The molecule has 0 N–H and O–H groups in total. The number of hydrogen-bond donors (Lipinski definition) is 0. The van der Waals surface area contributed by atoms with Crippen LogP contribution in [-0.4, -0.2) is 5.78 Å². The molecule has 1 spiro atoms. The van der Waals surface area contributed by atoms with Crippen molar-refractivity contribution in [3.8, 4) is 0 Å². The standard InChI is InChI=1S/C16H19OS/c17-15-9-5-11-16(15)10-4-6-13(16)12-18-14-7-2-1-3-8-14/h1-3,7-8,12-13H,4-6,9-11H2. The molecule has 1 aromatic rings. The SMILES string of the molecule is O=C1CCCC12CCCC2[CH]Sc1ccccc1. The maximum absolute atomic E-state index is 12.2. The van der Waals surface area contributed by atoms with E-state index in [2.05, 4.69) is 30.0 Å². The highest BCUT2D eigenvalue weighted by molar-refractivity contribution is 8.01. The first-order chi connectivity index (χ1) is 8.81.